The molecule has 1 aliphatic heterocycles. The van der Waals surface area contributed by atoms with E-state index in [9.17, 15) is 14.7 Å². The number of benzene rings is 2. The normalized spacial score (nSPS) is 14.3. The van der Waals surface area contributed by atoms with E-state index in [-0.39, 0.29) is 30.0 Å². The van der Waals surface area contributed by atoms with Gasteiger partial charge in [-0.1, -0.05) is 42.5 Å². The SMILES string of the molecule is O=C(NCC(=O)N1CCC(Oc2ccccc2O)CC1)c1cc(-c2ccccc2)[nH]n1. The number of likely N-dealkylation sites (tertiary alicyclic amines) is 1. The van der Waals surface area contributed by atoms with E-state index in [2.05, 4.69) is 15.5 Å². The summed E-state index contributed by atoms with van der Waals surface area (Å²) in [5.74, 6) is 0.0173. The van der Waals surface area contributed by atoms with E-state index >= 15 is 0 Å². The van der Waals surface area contributed by atoms with Crippen LogP contribution in [0.25, 0.3) is 11.3 Å². The number of phenolic OH excluding ortho intramolecular Hbond substituents is 1. The average Bonchev–Trinajstić information content (AvgIpc) is 3.30. The lowest BCUT2D eigenvalue weighted by Crippen LogP contribution is -2.46. The van der Waals surface area contributed by atoms with Gasteiger partial charge in [-0.05, 0) is 23.8 Å². The number of H-pyrrole nitrogens is 1. The molecule has 0 spiro atoms. The van der Waals surface area contributed by atoms with Crippen molar-refractivity contribution in [1.29, 1.82) is 0 Å². The fraction of sp³-hybridized carbons (Fsp3) is 0.261. The lowest BCUT2D eigenvalue weighted by atomic mass is 10.1. The number of phenols is 1. The third-order valence-corrected chi connectivity index (χ3v) is 5.25. The van der Waals surface area contributed by atoms with Crippen LogP contribution in [0.1, 0.15) is 23.3 Å². The standard InChI is InChI=1S/C23H24N4O4/c28-20-8-4-5-9-21(20)31-17-10-12-27(13-11-17)22(29)15-24-23(30)19-14-18(25-26-19)16-6-2-1-3-7-16/h1-9,14,17,28H,10-13,15H2,(H,24,30)(H,25,26). The van der Waals surface area contributed by atoms with Crippen molar-refractivity contribution >= 4 is 11.8 Å². The zero-order valence-corrected chi connectivity index (χ0v) is 17.0. The van der Waals surface area contributed by atoms with E-state index in [0.29, 0.717) is 31.7 Å². The molecule has 0 bridgehead atoms. The maximum Gasteiger partial charge on any atom is 0.272 e. The molecule has 0 radical (unpaired) electrons. The summed E-state index contributed by atoms with van der Waals surface area (Å²) in [5, 5.41) is 19.4. The molecule has 3 aromatic rings. The van der Waals surface area contributed by atoms with Gasteiger partial charge in [0.25, 0.3) is 5.91 Å². The van der Waals surface area contributed by atoms with Gasteiger partial charge in [-0.3, -0.25) is 14.7 Å². The predicted octanol–water partition coefficient (Wildman–Crippen LogP) is 2.58. The lowest BCUT2D eigenvalue weighted by Gasteiger charge is -2.32. The number of carbonyl (C=O) groups excluding carboxylic acids is 2. The van der Waals surface area contributed by atoms with Crippen molar-refractivity contribution in [3.05, 3.63) is 66.4 Å². The fourth-order valence-corrected chi connectivity index (χ4v) is 3.52. The highest BCUT2D eigenvalue weighted by Gasteiger charge is 2.25. The van der Waals surface area contributed by atoms with Gasteiger partial charge >= 0.3 is 0 Å². The van der Waals surface area contributed by atoms with Gasteiger partial charge in [0, 0.05) is 25.9 Å². The Morgan fingerprint density at radius 3 is 2.55 bits per heavy atom. The second-order valence-electron chi connectivity index (χ2n) is 7.38. The van der Waals surface area contributed by atoms with Crippen molar-refractivity contribution in [3.63, 3.8) is 0 Å². The number of hydrogen-bond donors (Lipinski definition) is 3. The number of nitrogens with one attached hydrogen (secondary N) is 2. The molecule has 0 atom stereocenters. The number of nitrogens with zero attached hydrogens (tertiary/aromatic N) is 2. The van der Waals surface area contributed by atoms with Crippen molar-refractivity contribution in [3.8, 4) is 22.8 Å². The first-order valence-electron chi connectivity index (χ1n) is 10.2. The Kier molecular flexibility index (Phi) is 6.16. The minimum atomic E-state index is -0.399. The van der Waals surface area contributed by atoms with Gasteiger partial charge in [-0.2, -0.15) is 5.10 Å². The van der Waals surface area contributed by atoms with Gasteiger partial charge in [0.2, 0.25) is 5.91 Å². The zero-order chi connectivity index (χ0) is 21.6. The molecule has 2 heterocycles. The largest absolute Gasteiger partial charge is 0.504 e. The van der Waals surface area contributed by atoms with Gasteiger partial charge in [-0.15, -0.1) is 0 Å². The number of aromatic amines is 1. The summed E-state index contributed by atoms with van der Waals surface area (Å²) in [7, 11) is 0. The molecule has 0 saturated carbocycles. The van der Waals surface area contributed by atoms with Gasteiger partial charge in [0.05, 0.1) is 12.2 Å². The summed E-state index contributed by atoms with van der Waals surface area (Å²) < 4.78 is 5.84. The van der Waals surface area contributed by atoms with E-state index < -0.39 is 5.91 Å². The van der Waals surface area contributed by atoms with Crippen LogP contribution in [0.2, 0.25) is 0 Å². The molecule has 2 amide bonds. The molecule has 0 aliphatic carbocycles. The Hall–Kier alpha value is -3.81. The Labute approximate surface area is 179 Å². The molecule has 2 aromatic carbocycles. The molecule has 8 heteroatoms. The second-order valence-corrected chi connectivity index (χ2v) is 7.38. The smallest absolute Gasteiger partial charge is 0.272 e. The van der Waals surface area contributed by atoms with Crippen molar-refractivity contribution in [2.75, 3.05) is 19.6 Å². The van der Waals surface area contributed by atoms with Crippen LogP contribution in [0.15, 0.2) is 60.7 Å². The fourth-order valence-electron chi connectivity index (χ4n) is 3.52. The summed E-state index contributed by atoms with van der Waals surface area (Å²) in [5.41, 5.74) is 1.91. The Morgan fingerprint density at radius 2 is 1.81 bits per heavy atom. The molecule has 160 valence electrons. The molecule has 8 nitrogen and oxygen atoms in total. The Balaban J connectivity index is 1.24. The number of ether oxygens (including phenoxy) is 1. The summed E-state index contributed by atoms with van der Waals surface area (Å²) in [6.45, 7) is 0.985. The average molecular weight is 420 g/mol. The maximum atomic E-state index is 12.5. The Bertz CT molecular complexity index is 1040. The third-order valence-electron chi connectivity index (χ3n) is 5.25. The molecular formula is C23H24N4O4. The van der Waals surface area contributed by atoms with Crippen LogP contribution in [0.5, 0.6) is 11.5 Å². The molecule has 0 unspecified atom stereocenters. The minimum Gasteiger partial charge on any atom is -0.504 e. The lowest BCUT2D eigenvalue weighted by molar-refractivity contribution is -0.131. The first-order chi connectivity index (χ1) is 15.1. The van der Waals surface area contributed by atoms with Crippen LogP contribution in [0, 0.1) is 0 Å². The monoisotopic (exact) mass is 420 g/mol. The van der Waals surface area contributed by atoms with Crippen LogP contribution in [0.4, 0.5) is 0 Å². The summed E-state index contributed by atoms with van der Waals surface area (Å²) in [4.78, 5) is 26.6. The molecule has 1 aromatic heterocycles. The zero-order valence-electron chi connectivity index (χ0n) is 17.0. The second kappa shape index (κ2) is 9.34. The summed E-state index contributed by atoms with van der Waals surface area (Å²) >= 11 is 0. The summed E-state index contributed by atoms with van der Waals surface area (Å²) in [6, 6.07) is 18.1. The van der Waals surface area contributed by atoms with Crippen LogP contribution in [0.3, 0.4) is 0 Å². The van der Waals surface area contributed by atoms with Crippen molar-refractivity contribution in [2.45, 2.75) is 18.9 Å². The van der Waals surface area contributed by atoms with Crippen LogP contribution >= 0.6 is 0 Å². The molecule has 3 N–H and O–H groups in total. The van der Waals surface area contributed by atoms with E-state index in [1.807, 2.05) is 30.3 Å². The number of amides is 2. The number of aromatic hydroxyl groups is 1. The number of hydrogen-bond acceptors (Lipinski definition) is 5. The van der Waals surface area contributed by atoms with Gasteiger partial charge in [0.1, 0.15) is 6.10 Å². The molecular weight excluding hydrogens is 396 g/mol. The third kappa shape index (κ3) is 5.03. The summed E-state index contributed by atoms with van der Waals surface area (Å²) in [6.07, 6.45) is 1.26. The van der Waals surface area contributed by atoms with E-state index in [0.717, 1.165) is 11.3 Å². The number of rotatable bonds is 6. The van der Waals surface area contributed by atoms with Gasteiger partial charge < -0.3 is 20.1 Å². The molecule has 1 aliphatic rings. The molecule has 31 heavy (non-hydrogen) atoms. The van der Waals surface area contributed by atoms with Crippen molar-refractivity contribution in [2.24, 2.45) is 0 Å². The highest BCUT2D eigenvalue weighted by atomic mass is 16.5. The van der Waals surface area contributed by atoms with Gasteiger partial charge in [-0.25, -0.2) is 0 Å². The van der Waals surface area contributed by atoms with E-state index in [1.165, 1.54) is 0 Å². The molecule has 4 rings (SSSR count). The van der Waals surface area contributed by atoms with Crippen LogP contribution in [-0.4, -0.2) is 57.8 Å². The Morgan fingerprint density at radius 1 is 1.10 bits per heavy atom. The first kappa shape index (κ1) is 20.5. The van der Waals surface area contributed by atoms with Crippen LogP contribution < -0.4 is 10.1 Å². The number of aromatic nitrogens is 2. The highest BCUT2D eigenvalue weighted by molar-refractivity contribution is 5.95. The molecule has 1 fully saturated rings. The highest BCUT2D eigenvalue weighted by Crippen LogP contribution is 2.27. The number of carbonyl (C=O) groups is 2. The number of piperidine rings is 1. The van der Waals surface area contributed by atoms with E-state index in [4.69, 9.17) is 4.74 Å². The minimum absolute atomic E-state index is 0.0626. The quantitative estimate of drug-likeness (QED) is 0.568. The predicted molar refractivity (Wildman–Crippen MR) is 115 cm³/mol. The van der Waals surface area contributed by atoms with Crippen molar-refractivity contribution in [1.82, 2.24) is 20.4 Å². The first-order valence-corrected chi connectivity index (χ1v) is 10.2. The van der Waals surface area contributed by atoms with E-state index in [1.54, 1.807) is 35.2 Å². The van der Waals surface area contributed by atoms with Crippen molar-refractivity contribution < 1.29 is 19.4 Å². The number of para-hydroxylation sites is 2. The van der Waals surface area contributed by atoms with Gasteiger partial charge in [0.15, 0.2) is 17.2 Å². The van der Waals surface area contributed by atoms with Crippen LogP contribution in [-0.2, 0) is 4.79 Å². The maximum absolute atomic E-state index is 12.5. The molecule has 1 saturated heterocycles. The topological polar surface area (TPSA) is 108 Å².